The predicted octanol–water partition coefficient (Wildman–Crippen LogP) is 2.87. The van der Waals surface area contributed by atoms with Crippen molar-refractivity contribution < 1.29 is 8.42 Å². The Balaban J connectivity index is 2.84. The smallest absolute Gasteiger partial charge is 0.154 e. The second kappa shape index (κ2) is 5.00. The number of sulfone groups is 1. The van der Waals surface area contributed by atoms with E-state index in [4.69, 9.17) is 0 Å². The first kappa shape index (κ1) is 13.2. The molecule has 1 rings (SSSR count). The summed E-state index contributed by atoms with van der Waals surface area (Å²) in [6.07, 6.45) is 0. The lowest BCUT2D eigenvalue weighted by atomic mass is 10.1. The van der Waals surface area contributed by atoms with Crippen molar-refractivity contribution in [1.29, 1.82) is 0 Å². The summed E-state index contributed by atoms with van der Waals surface area (Å²) in [4.78, 5) is 0. The summed E-state index contributed by atoms with van der Waals surface area (Å²) < 4.78 is 23.6. The van der Waals surface area contributed by atoms with Crippen molar-refractivity contribution in [3.8, 4) is 0 Å². The summed E-state index contributed by atoms with van der Waals surface area (Å²) in [7, 11) is -2.96. The van der Waals surface area contributed by atoms with Gasteiger partial charge < -0.3 is 0 Å². The van der Waals surface area contributed by atoms with E-state index in [-0.39, 0.29) is 17.4 Å². The fourth-order valence-corrected chi connectivity index (χ4v) is 3.54. The van der Waals surface area contributed by atoms with Crippen LogP contribution in [0.2, 0.25) is 0 Å². The first-order chi connectivity index (χ1) is 7.30. The Morgan fingerprint density at radius 1 is 1.12 bits per heavy atom. The van der Waals surface area contributed by atoms with Crippen LogP contribution < -0.4 is 0 Å². The molecule has 0 fully saturated rings. The van der Waals surface area contributed by atoms with Crippen molar-refractivity contribution in [2.75, 3.05) is 5.75 Å². The summed E-state index contributed by atoms with van der Waals surface area (Å²) in [5, 5.41) is 0. The van der Waals surface area contributed by atoms with E-state index in [0.717, 1.165) is 11.1 Å². The Hall–Kier alpha value is -0.830. The van der Waals surface area contributed by atoms with Crippen LogP contribution in [0.3, 0.4) is 0 Å². The van der Waals surface area contributed by atoms with E-state index < -0.39 is 9.84 Å². The van der Waals surface area contributed by atoms with Crippen LogP contribution in [-0.4, -0.2) is 14.2 Å². The molecule has 16 heavy (non-hydrogen) atoms. The van der Waals surface area contributed by atoms with Gasteiger partial charge in [-0.2, -0.15) is 0 Å². The van der Waals surface area contributed by atoms with Crippen LogP contribution in [0.1, 0.15) is 30.5 Å². The van der Waals surface area contributed by atoms with Crippen LogP contribution >= 0.6 is 0 Å². The molecule has 0 N–H and O–H groups in total. The van der Waals surface area contributed by atoms with E-state index in [1.54, 1.807) is 0 Å². The summed E-state index contributed by atoms with van der Waals surface area (Å²) in [6.45, 7) is 7.89. The summed E-state index contributed by atoms with van der Waals surface area (Å²) >= 11 is 0. The molecular formula is C13H20O2S. The van der Waals surface area contributed by atoms with E-state index in [1.807, 2.05) is 45.9 Å². The average molecular weight is 240 g/mol. The molecule has 0 unspecified atom stereocenters. The predicted molar refractivity (Wildman–Crippen MR) is 68.2 cm³/mol. The number of rotatable bonds is 4. The molecule has 0 amide bonds. The fourth-order valence-electron chi connectivity index (χ4n) is 1.71. The maximum absolute atomic E-state index is 11.8. The Kier molecular flexibility index (Phi) is 4.14. The Bertz CT molecular complexity index is 459. The van der Waals surface area contributed by atoms with E-state index in [0.29, 0.717) is 0 Å². The van der Waals surface area contributed by atoms with Gasteiger partial charge in [0.25, 0.3) is 0 Å². The van der Waals surface area contributed by atoms with Crippen LogP contribution in [0, 0.1) is 19.8 Å². The van der Waals surface area contributed by atoms with Gasteiger partial charge >= 0.3 is 0 Å². The second-order valence-electron chi connectivity index (χ2n) is 4.87. The highest BCUT2D eigenvalue weighted by Gasteiger charge is 2.14. The molecule has 0 aliphatic heterocycles. The highest BCUT2D eigenvalue weighted by atomic mass is 32.2. The highest BCUT2D eigenvalue weighted by molar-refractivity contribution is 7.90. The van der Waals surface area contributed by atoms with E-state index in [2.05, 4.69) is 0 Å². The minimum atomic E-state index is -2.96. The lowest BCUT2D eigenvalue weighted by Crippen LogP contribution is -2.13. The molecule has 1 aromatic rings. The van der Waals surface area contributed by atoms with Crippen molar-refractivity contribution in [3.63, 3.8) is 0 Å². The van der Waals surface area contributed by atoms with Crippen LogP contribution in [0.5, 0.6) is 0 Å². The zero-order valence-electron chi connectivity index (χ0n) is 10.4. The Morgan fingerprint density at radius 2 is 1.75 bits per heavy atom. The molecule has 1 aromatic carbocycles. The van der Waals surface area contributed by atoms with Gasteiger partial charge in [0.15, 0.2) is 9.84 Å². The number of hydrogen-bond donors (Lipinski definition) is 0. The first-order valence-electron chi connectivity index (χ1n) is 5.57. The van der Waals surface area contributed by atoms with Gasteiger partial charge in [-0.15, -0.1) is 0 Å². The molecule has 0 aliphatic rings. The van der Waals surface area contributed by atoms with Crippen LogP contribution in [0.25, 0.3) is 0 Å². The molecule has 0 aliphatic carbocycles. The molecule has 0 saturated carbocycles. The minimum absolute atomic E-state index is 0.159. The molecule has 0 radical (unpaired) electrons. The summed E-state index contributed by atoms with van der Waals surface area (Å²) in [6, 6.07) is 5.85. The van der Waals surface area contributed by atoms with Gasteiger partial charge in [0, 0.05) is 0 Å². The monoisotopic (exact) mass is 240 g/mol. The van der Waals surface area contributed by atoms with Gasteiger partial charge in [-0.05, 0) is 36.5 Å². The molecule has 2 nitrogen and oxygen atoms in total. The maximum atomic E-state index is 11.8. The maximum Gasteiger partial charge on any atom is 0.154 e. The Morgan fingerprint density at radius 3 is 2.25 bits per heavy atom. The fraction of sp³-hybridized carbons (Fsp3) is 0.538. The normalized spacial score (nSPS) is 12.1. The van der Waals surface area contributed by atoms with Gasteiger partial charge in [-0.3, -0.25) is 0 Å². The lowest BCUT2D eigenvalue weighted by molar-refractivity contribution is 0.581. The lowest BCUT2D eigenvalue weighted by Gasteiger charge is -2.08. The van der Waals surface area contributed by atoms with Crippen LogP contribution in [0.4, 0.5) is 0 Å². The van der Waals surface area contributed by atoms with Crippen molar-refractivity contribution in [2.24, 2.45) is 5.92 Å². The van der Waals surface area contributed by atoms with Crippen molar-refractivity contribution in [3.05, 3.63) is 34.9 Å². The van der Waals surface area contributed by atoms with Crippen LogP contribution in [0.15, 0.2) is 18.2 Å². The number of benzene rings is 1. The quantitative estimate of drug-likeness (QED) is 0.811. The summed E-state index contributed by atoms with van der Waals surface area (Å²) in [5.74, 6) is 0.614. The number of aryl methyl sites for hydroxylation is 2. The average Bonchev–Trinajstić information content (AvgIpc) is 2.08. The van der Waals surface area contributed by atoms with Gasteiger partial charge in [-0.1, -0.05) is 32.0 Å². The molecular weight excluding hydrogens is 220 g/mol. The van der Waals surface area contributed by atoms with Gasteiger partial charge in [0.1, 0.15) is 0 Å². The Labute approximate surface area is 98.6 Å². The van der Waals surface area contributed by atoms with E-state index in [9.17, 15) is 8.42 Å². The topological polar surface area (TPSA) is 34.1 Å². The summed E-state index contributed by atoms with van der Waals surface area (Å²) in [5.41, 5.74) is 3.24. The number of hydrogen-bond acceptors (Lipinski definition) is 2. The SMILES string of the molecule is Cc1ccc(CS(=O)(=O)CC(C)C)cc1C. The van der Waals surface area contributed by atoms with E-state index >= 15 is 0 Å². The molecule has 90 valence electrons. The van der Waals surface area contributed by atoms with E-state index in [1.165, 1.54) is 5.56 Å². The molecule has 0 aromatic heterocycles. The van der Waals surface area contributed by atoms with Gasteiger partial charge in [0.2, 0.25) is 0 Å². The van der Waals surface area contributed by atoms with Crippen molar-refractivity contribution in [2.45, 2.75) is 33.4 Å². The molecule has 0 heterocycles. The van der Waals surface area contributed by atoms with Crippen molar-refractivity contribution in [1.82, 2.24) is 0 Å². The first-order valence-corrected chi connectivity index (χ1v) is 7.39. The zero-order valence-corrected chi connectivity index (χ0v) is 11.3. The van der Waals surface area contributed by atoms with Gasteiger partial charge in [0.05, 0.1) is 11.5 Å². The third-order valence-corrected chi connectivity index (χ3v) is 4.49. The molecule has 0 spiro atoms. The minimum Gasteiger partial charge on any atom is -0.228 e. The third kappa shape index (κ3) is 3.97. The van der Waals surface area contributed by atoms with Gasteiger partial charge in [-0.25, -0.2) is 8.42 Å². The van der Waals surface area contributed by atoms with Crippen LogP contribution in [-0.2, 0) is 15.6 Å². The largest absolute Gasteiger partial charge is 0.228 e. The zero-order chi connectivity index (χ0) is 12.3. The van der Waals surface area contributed by atoms with Crippen molar-refractivity contribution >= 4 is 9.84 Å². The highest BCUT2D eigenvalue weighted by Crippen LogP contribution is 2.14. The second-order valence-corrected chi connectivity index (χ2v) is 6.98. The third-order valence-electron chi connectivity index (χ3n) is 2.55. The standard InChI is InChI=1S/C13H20O2S/c1-10(2)8-16(14,15)9-13-6-5-11(3)12(4)7-13/h5-7,10H,8-9H2,1-4H3. The molecule has 0 bridgehead atoms. The molecule has 0 saturated heterocycles. The molecule has 3 heteroatoms. The molecule has 0 atom stereocenters.